The maximum absolute atomic E-state index is 9.29. The van der Waals surface area contributed by atoms with Crippen LogP contribution in [0.2, 0.25) is 10.0 Å². The van der Waals surface area contributed by atoms with E-state index < -0.39 is 0 Å². The van der Waals surface area contributed by atoms with Crippen molar-refractivity contribution in [1.82, 2.24) is 30.2 Å². The van der Waals surface area contributed by atoms with Gasteiger partial charge in [-0.05, 0) is 47.9 Å². The Balaban J connectivity index is 1.20. The lowest BCUT2D eigenvalue weighted by Crippen LogP contribution is -2.15. The Labute approximate surface area is 299 Å². The number of benzene rings is 3. The summed E-state index contributed by atoms with van der Waals surface area (Å²) in [6.07, 6.45) is 11.5. The minimum atomic E-state index is 0.197. The Morgan fingerprint density at radius 1 is 0.700 bits per heavy atom. The molecule has 0 saturated carbocycles. The molecule has 12 heteroatoms. The quantitative estimate of drug-likeness (QED) is 0.120. The molecular weight excluding hydrogens is 673 g/mol. The molecule has 0 saturated heterocycles. The average molecular weight is 705 g/mol. The summed E-state index contributed by atoms with van der Waals surface area (Å²) in [6, 6.07) is 21.0. The number of aromatic nitrogens is 5. The third-order valence-corrected chi connectivity index (χ3v) is 8.43. The first-order valence-electron chi connectivity index (χ1n) is 15.6. The van der Waals surface area contributed by atoms with Crippen molar-refractivity contribution in [2.24, 2.45) is 0 Å². The maximum atomic E-state index is 9.29. The van der Waals surface area contributed by atoms with Crippen LogP contribution >= 0.6 is 23.2 Å². The fraction of sp³-hybridized carbons (Fsp3) is 0.158. The fourth-order valence-corrected chi connectivity index (χ4v) is 5.68. The molecule has 0 aliphatic carbocycles. The molecule has 0 unspecified atom stereocenters. The van der Waals surface area contributed by atoms with Crippen LogP contribution in [-0.4, -0.2) is 24.9 Å². The second-order valence-corrected chi connectivity index (χ2v) is 12.0. The zero-order chi connectivity index (χ0) is 34.7. The van der Waals surface area contributed by atoms with Gasteiger partial charge in [0.2, 0.25) is 0 Å². The van der Waals surface area contributed by atoms with Gasteiger partial charge in [-0.1, -0.05) is 53.5 Å². The molecule has 0 bridgehead atoms. The Bertz CT molecular complexity index is 2110. The summed E-state index contributed by atoms with van der Waals surface area (Å²) >= 11 is 13.7. The van der Waals surface area contributed by atoms with E-state index in [9.17, 15) is 5.26 Å². The summed E-state index contributed by atoms with van der Waals surface area (Å²) in [4.78, 5) is 20.8. The molecule has 0 radical (unpaired) electrons. The van der Waals surface area contributed by atoms with Gasteiger partial charge in [0.25, 0.3) is 0 Å². The average Bonchev–Trinajstić information content (AvgIpc) is 3.15. The molecule has 6 aromatic rings. The molecule has 0 aliphatic heterocycles. The number of hydrogen-bond donors (Lipinski definition) is 1. The SMILES string of the molecule is Cc1c(COc2cc(OCc3cncc(C#N)c3)c(CNCc3ncccn3)cc2Cl)cccc1-c1cccc(OCc2cncnc2)c1Cl. The number of halogens is 2. The highest BCUT2D eigenvalue weighted by Gasteiger charge is 2.16. The van der Waals surface area contributed by atoms with Crippen molar-refractivity contribution in [3.63, 3.8) is 0 Å². The first-order chi connectivity index (χ1) is 24.5. The molecule has 50 heavy (non-hydrogen) atoms. The highest BCUT2D eigenvalue weighted by Crippen LogP contribution is 2.39. The minimum absolute atomic E-state index is 0.197. The molecule has 3 heterocycles. The normalized spacial score (nSPS) is 10.8. The van der Waals surface area contributed by atoms with Crippen molar-refractivity contribution in [2.45, 2.75) is 39.8 Å². The number of rotatable bonds is 14. The van der Waals surface area contributed by atoms with Crippen molar-refractivity contribution in [1.29, 1.82) is 5.26 Å². The standard InChI is InChI=1S/C38H31Cl2N7O3/c1-25-29(5-2-6-31(25)32-7-3-8-34(38(32)40)48-22-28-17-44-24-45-18-28)23-50-36-13-35(49-21-27-11-26(14-41)15-42-16-27)30(12-33(36)39)19-43-20-37-46-9-4-10-47-37/h2-13,15-18,24,43H,19-23H2,1H3. The lowest BCUT2D eigenvalue weighted by Gasteiger charge is -2.18. The smallest absolute Gasteiger partial charge is 0.142 e. The van der Waals surface area contributed by atoms with Crippen molar-refractivity contribution < 1.29 is 14.2 Å². The minimum Gasteiger partial charge on any atom is -0.488 e. The number of nitrogens with zero attached hydrogens (tertiary/aromatic N) is 6. The van der Waals surface area contributed by atoms with Gasteiger partial charge in [-0.25, -0.2) is 19.9 Å². The molecule has 10 nitrogen and oxygen atoms in total. The molecule has 6 rings (SSSR count). The number of pyridine rings is 1. The van der Waals surface area contributed by atoms with Crippen molar-refractivity contribution in [3.05, 3.63) is 153 Å². The van der Waals surface area contributed by atoms with Crippen molar-refractivity contribution in [2.75, 3.05) is 0 Å². The third-order valence-electron chi connectivity index (χ3n) is 7.74. The van der Waals surface area contributed by atoms with Crippen molar-refractivity contribution >= 4 is 23.2 Å². The van der Waals surface area contributed by atoms with Crippen LogP contribution in [0.1, 0.15) is 39.2 Å². The monoisotopic (exact) mass is 703 g/mol. The van der Waals surface area contributed by atoms with Crippen LogP contribution < -0.4 is 19.5 Å². The van der Waals surface area contributed by atoms with Gasteiger partial charge in [0.1, 0.15) is 55.3 Å². The molecule has 0 fully saturated rings. The Morgan fingerprint density at radius 2 is 1.42 bits per heavy atom. The summed E-state index contributed by atoms with van der Waals surface area (Å²) in [5, 5.41) is 13.6. The molecular formula is C38H31Cl2N7O3. The van der Waals surface area contributed by atoms with Crippen LogP contribution in [0.15, 0.2) is 104 Å². The summed E-state index contributed by atoms with van der Waals surface area (Å²) < 4.78 is 18.6. The van der Waals surface area contributed by atoms with Gasteiger partial charge < -0.3 is 19.5 Å². The predicted molar refractivity (Wildman–Crippen MR) is 190 cm³/mol. The van der Waals surface area contributed by atoms with E-state index in [-0.39, 0.29) is 13.2 Å². The zero-order valence-corrected chi connectivity index (χ0v) is 28.5. The van der Waals surface area contributed by atoms with Crippen molar-refractivity contribution in [3.8, 4) is 34.4 Å². The molecule has 3 aromatic carbocycles. The van der Waals surface area contributed by atoms with Crippen LogP contribution in [0, 0.1) is 18.3 Å². The number of nitriles is 1. The highest BCUT2D eigenvalue weighted by molar-refractivity contribution is 6.35. The lowest BCUT2D eigenvalue weighted by molar-refractivity contribution is 0.287. The van der Waals surface area contributed by atoms with Gasteiger partial charge >= 0.3 is 0 Å². The second kappa shape index (κ2) is 16.7. The van der Waals surface area contributed by atoms with E-state index >= 15 is 0 Å². The zero-order valence-electron chi connectivity index (χ0n) is 27.0. The molecule has 250 valence electrons. The lowest BCUT2D eigenvalue weighted by atomic mass is 9.96. The van der Waals surface area contributed by atoms with E-state index in [1.165, 1.54) is 12.5 Å². The van der Waals surface area contributed by atoms with E-state index in [2.05, 4.69) is 36.3 Å². The number of ether oxygens (including phenoxy) is 3. The second-order valence-electron chi connectivity index (χ2n) is 11.2. The van der Waals surface area contributed by atoms with Crippen LogP contribution in [0.4, 0.5) is 0 Å². The number of hydrogen-bond acceptors (Lipinski definition) is 10. The van der Waals surface area contributed by atoms with Gasteiger partial charge in [-0.15, -0.1) is 0 Å². The Hall–Kier alpha value is -5.60. The summed E-state index contributed by atoms with van der Waals surface area (Å²) in [6.45, 7) is 3.67. The van der Waals surface area contributed by atoms with Gasteiger partial charge in [-0.2, -0.15) is 5.26 Å². The first kappa shape index (κ1) is 34.3. The van der Waals surface area contributed by atoms with Crippen LogP contribution in [0.25, 0.3) is 11.1 Å². The summed E-state index contributed by atoms with van der Waals surface area (Å²) in [5.41, 5.74) is 6.63. The topological polar surface area (TPSA) is 128 Å². The van der Waals surface area contributed by atoms with E-state index in [1.54, 1.807) is 49.2 Å². The van der Waals surface area contributed by atoms with Gasteiger partial charge in [0.05, 0.1) is 22.2 Å². The predicted octanol–water partition coefficient (Wildman–Crippen LogP) is 7.84. The molecule has 0 spiro atoms. The van der Waals surface area contributed by atoms with E-state index in [0.29, 0.717) is 58.4 Å². The summed E-state index contributed by atoms with van der Waals surface area (Å²) in [5.74, 6) is 2.27. The van der Waals surface area contributed by atoms with Gasteiger partial charge in [-0.3, -0.25) is 4.98 Å². The Morgan fingerprint density at radius 3 is 2.24 bits per heavy atom. The highest BCUT2D eigenvalue weighted by atomic mass is 35.5. The van der Waals surface area contributed by atoms with Gasteiger partial charge in [0.15, 0.2) is 0 Å². The van der Waals surface area contributed by atoms with E-state index in [4.69, 9.17) is 37.4 Å². The van der Waals surface area contributed by atoms with Crippen LogP contribution in [0.5, 0.6) is 17.2 Å². The van der Waals surface area contributed by atoms with E-state index in [0.717, 1.165) is 38.9 Å². The van der Waals surface area contributed by atoms with Crippen LogP contribution in [-0.2, 0) is 32.9 Å². The molecule has 0 atom stereocenters. The number of nitrogens with one attached hydrogen (secondary N) is 1. The van der Waals surface area contributed by atoms with Crippen LogP contribution in [0.3, 0.4) is 0 Å². The van der Waals surface area contributed by atoms with E-state index in [1.807, 2.05) is 49.4 Å². The molecule has 0 aliphatic rings. The Kier molecular flexibility index (Phi) is 11.4. The maximum Gasteiger partial charge on any atom is 0.142 e. The summed E-state index contributed by atoms with van der Waals surface area (Å²) in [7, 11) is 0. The molecule has 0 amide bonds. The molecule has 1 N–H and O–H groups in total. The van der Waals surface area contributed by atoms with Gasteiger partial charge in [0, 0.05) is 72.0 Å². The first-order valence-corrected chi connectivity index (χ1v) is 16.4. The largest absolute Gasteiger partial charge is 0.488 e. The third kappa shape index (κ3) is 8.70. The molecule has 3 aromatic heterocycles. The fourth-order valence-electron chi connectivity index (χ4n) is 5.16.